The van der Waals surface area contributed by atoms with Gasteiger partial charge in [-0.15, -0.1) is 10.2 Å². The summed E-state index contributed by atoms with van der Waals surface area (Å²) in [6.07, 6.45) is 5.52. The molecular weight excluding hydrogens is 330 g/mol. The van der Waals surface area contributed by atoms with Crippen molar-refractivity contribution >= 4 is 5.91 Å². The molecule has 2 heterocycles. The molecule has 0 spiro atoms. The molecule has 7 heteroatoms. The van der Waals surface area contributed by atoms with Crippen molar-refractivity contribution in [3.05, 3.63) is 30.3 Å². The van der Waals surface area contributed by atoms with Gasteiger partial charge in [0.15, 0.2) is 0 Å². The zero-order chi connectivity index (χ0) is 17.8. The highest BCUT2D eigenvalue weighted by Gasteiger charge is 2.28. The van der Waals surface area contributed by atoms with Crippen molar-refractivity contribution in [2.75, 3.05) is 13.2 Å². The van der Waals surface area contributed by atoms with Crippen molar-refractivity contribution in [1.82, 2.24) is 25.5 Å². The van der Waals surface area contributed by atoms with Crippen molar-refractivity contribution in [3.63, 3.8) is 0 Å². The molecule has 2 aliphatic rings. The topological polar surface area (TPSA) is 81.9 Å². The number of amides is 1. The number of nitrogens with one attached hydrogen (secondary N) is 1. The third-order valence-corrected chi connectivity index (χ3v) is 5.42. The second kappa shape index (κ2) is 7.95. The molecule has 2 fully saturated rings. The van der Waals surface area contributed by atoms with E-state index in [-0.39, 0.29) is 23.9 Å². The van der Waals surface area contributed by atoms with Crippen LogP contribution in [-0.4, -0.2) is 45.4 Å². The molecule has 1 saturated carbocycles. The largest absolute Gasteiger partial charge is 0.381 e. The maximum atomic E-state index is 12.4. The molecule has 0 radical (unpaired) electrons. The number of hydrogen-bond donors (Lipinski definition) is 1. The first-order valence-corrected chi connectivity index (χ1v) is 9.52. The molecular formula is C19H25N5O2. The van der Waals surface area contributed by atoms with Gasteiger partial charge in [0.1, 0.15) is 0 Å². The molecule has 1 aromatic heterocycles. The molecule has 4 rings (SSSR count). The van der Waals surface area contributed by atoms with Crippen LogP contribution in [0.1, 0.15) is 44.6 Å². The first kappa shape index (κ1) is 17.1. The number of carbonyl (C=O) groups is 1. The van der Waals surface area contributed by atoms with Gasteiger partial charge in [-0.05, 0) is 43.7 Å². The van der Waals surface area contributed by atoms with Gasteiger partial charge in [-0.2, -0.15) is 4.80 Å². The van der Waals surface area contributed by atoms with Crippen LogP contribution >= 0.6 is 0 Å². The van der Waals surface area contributed by atoms with Crippen LogP contribution in [0.15, 0.2) is 30.3 Å². The highest BCUT2D eigenvalue weighted by Crippen LogP contribution is 2.28. The zero-order valence-corrected chi connectivity index (χ0v) is 14.9. The van der Waals surface area contributed by atoms with Gasteiger partial charge < -0.3 is 10.1 Å². The molecule has 1 aliphatic carbocycles. The highest BCUT2D eigenvalue weighted by molar-refractivity contribution is 5.79. The van der Waals surface area contributed by atoms with Crippen LogP contribution in [0.3, 0.4) is 0 Å². The van der Waals surface area contributed by atoms with Crippen LogP contribution in [0.25, 0.3) is 11.4 Å². The first-order chi connectivity index (χ1) is 12.8. The maximum Gasteiger partial charge on any atom is 0.223 e. The molecule has 7 nitrogen and oxygen atoms in total. The predicted octanol–water partition coefficient (Wildman–Crippen LogP) is 2.37. The van der Waals surface area contributed by atoms with Crippen molar-refractivity contribution in [2.24, 2.45) is 5.92 Å². The SMILES string of the molecule is O=C(NC1CCC(n2nnc(-c3ccccc3)n2)CC1)C1CCOCC1. The van der Waals surface area contributed by atoms with E-state index in [9.17, 15) is 4.79 Å². The fraction of sp³-hybridized carbons (Fsp3) is 0.579. The Labute approximate surface area is 153 Å². The fourth-order valence-electron chi connectivity index (χ4n) is 3.81. The van der Waals surface area contributed by atoms with E-state index in [4.69, 9.17) is 4.74 Å². The van der Waals surface area contributed by atoms with E-state index in [1.807, 2.05) is 30.3 Å². The molecule has 1 amide bonds. The summed E-state index contributed by atoms with van der Waals surface area (Å²) in [5.41, 5.74) is 0.983. The standard InChI is InChI=1S/C19H25N5O2/c25-19(15-10-12-26-13-11-15)20-16-6-8-17(9-7-16)24-22-18(21-23-24)14-4-2-1-3-5-14/h1-5,15-17H,6-13H2,(H,20,25). The number of hydrogen-bond acceptors (Lipinski definition) is 5. The normalized spacial score (nSPS) is 24.3. The van der Waals surface area contributed by atoms with E-state index in [0.717, 1.165) is 44.1 Å². The number of nitrogens with zero attached hydrogens (tertiary/aromatic N) is 4. The number of carbonyl (C=O) groups excluding carboxylic acids is 1. The quantitative estimate of drug-likeness (QED) is 0.910. The molecule has 1 aromatic carbocycles. The minimum atomic E-state index is 0.117. The van der Waals surface area contributed by atoms with E-state index in [1.165, 1.54) is 0 Å². The van der Waals surface area contributed by atoms with Crippen molar-refractivity contribution in [3.8, 4) is 11.4 Å². The molecule has 1 saturated heterocycles. The van der Waals surface area contributed by atoms with Gasteiger partial charge in [0.25, 0.3) is 0 Å². The van der Waals surface area contributed by atoms with Crippen LogP contribution < -0.4 is 5.32 Å². The van der Waals surface area contributed by atoms with Gasteiger partial charge >= 0.3 is 0 Å². The van der Waals surface area contributed by atoms with E-state index in [0.29, 0.717) is 19.0 Å². The van der Waals surface area contributed by atoms with Gasteiger partial charge in [0.05, 0.1) is 6.04 Å². The summed E-state index contributed by atoms with van der Waals surface area (Å²) in [7, 11) is 0. The van der Waals surface area contributed by atoms with E-state index in [2.05, 4.69) is 20.7 Å². The van der Waals surface area contributed by atoms with Crippen molar-refractivity contribution in [2.45, 2.75) is 50.6 Å². The van der Waals surface area contributed by atoms with E-state index in [1.54, 1.807) is 4.80 Å². The Morgan fingerprint density at radius 2 is 1.77 bits per heavy atom. The molecule has 26 heavy (non-hydrogen) atoms. The average molecular weight is 355 g/mol. The molecule has 1 aliphatic heterocycles. The molecule has 0 atom stereocenters. The molecule has 2 aromatic rings. The lowest BCUT2D eigenvalue weighted by molar-refractivity contribution is -0.128. The van der Waals surface area contributed by atoms with Crippen LogP contribution in [0.2, 0.25) is 0 Å². The van der Waals surface area contributed by atoms with Crippen LogP contribution in [0.4, 0.5) is 0 Å². The predicted molar refractivity (Wildman–Crippen MR) is 96.2 cm³/mol. The van der Waals surface area contributed by atoms with Gasteiger partial charge in [0, 0.05) is 30.7 Å². The number of benzene rings is 1. The Kier molecular flexibility index (Phi) is 5.24. The van der Waals surface area contributed by atoms with Gasteiger partial charge in [-0.3, -0.25) is 4.79 Å². The Bertz CT molecular complexity index is 719. The summed E-state index contributed by atoms with van der Waals surface area (Å²) in [5, 5.41) is 16.2. The minimum absolute atomic E-state index is 0.117. The van der Waals surface area contributed by atoms with Crippen LogP contribution in [-0.2, 0) is 9.53 Å². The smallest absolute Gasteiger partial charge is 0.223 e. The third-order valence-electron chi connectivity index (χ3n) is 5.42. The number of ether oxygens (including phenoxy) is 1. The van der Waals surface area contributed by atoms with Crippen LogP contribution in [0, 0.1) is 5.92 Å². The van der Waals surface area contributed by atoms with E-state index < -0.39 is 0 Å². The zero-order valence-electron chi connectivity index (χ0n) is 14.9. The Hall–Kier alpha value is -2.28. The molecule has 1 N–H and O–H groups in total. The summed E-state index contributed by atoms with van der Waals surface area (Å²) < 4.78 is 5.33. The number of rotatable bonds is 4. The van der Waals surface area contributed by atoms with Crippen molar-refractivity contribution in [1.29, 1.82) is 0 Å². The Balaban J connectivity index is 1.30. The molecule has 138 valence electrons. The summed E-state index contributed by atoms with van der Waals surface area (Å²) in [6.45, 7) is 1.40. The van der Waals surface area contributed by atoms with Crippen molar-refractivity contribution < 1.29 is 9.53 Å². The fourth-order valence-corrected chi connectivity index (χ4v) is 3.81. The second-order valence-electron chi connectivity index (χ2n) is 7.20. The minimum Gasteiger partial charge on any atom is -0.381 e. The summed E-state index contributed by atoms with van der Waals surface area (Å²) in [6, 6.07) is 10.4. The summed E-state index contributed by atoms with van der Waals surface area (Å²) in [4.78, 5) is 14.1. The lowest BCUT2D eigenvalue weighted by atomic mass is 9.90. The third kappa shape index (κ3) is 3.93. The Morgan fingerprint density at radius 3 is 2.50 bits per heavy atom. The van der Waals surface area contributed by atoms with E-state index >= 15 is 0 Å². The highest BCUT2D eigenvalue weighted by atomic mass is 16.5. The lowest BCUT2D eigenvalue weighted by Crippen LogP contribution is -2.42. The number of tetrazole rings is 1. The van der Waals surface area contributed by atoms with Gasteiger partial charge in [-0.1, -0.05) is 30.3 Å². The lowest BCUT2D eigenvalue weighted by Gasteiger charge is -2.30. The number of aromatic nitrogens is 4. The average Bonchev–Trinajstić information content (AvgIpc) is 3.20. The Morgan fingerprint density at radius 1 is 1.04 bits per heavy atom. The molecule has 0 unspecified atom stereocenters. The summed E-state index contributed by atoms with van der Waals surface area (Å²) >= 11 is 0. The first-order valence-electron chi connectivity index (χ1n) is 9.52. The molecule has 0 bridgehead atoms. The van der Waals surface area contributed by atoms with Gasteiger partial charge in [-0.25, -0.2) is 0 Å². The van der Waals surface area contributed by atoms with Gasteiger partial charge in [0.2, 0.25) is 11.7 Å². The second-order valence-corrected chi connectivity index (χ2v) is 7.20. The monoisotopic (exact) mass is 355 g/mol. The van der Waals surface area contributed by atoms with Crippen LogP contribution in [0.5, 0.6) is 0 Å². The summed E-state index contributed by atoms with van der Waals surface area (Å²) in [5.74, 6) is 0.981. The maximum absolute atomic E-state index is 12.4.